The maximum atomic E-state index is 12.3. The van der Waals surface area contributed by atoms with Gasteiger partial charge in [0, 0.05) is 0 Å². The summed E-state index contributed by atoms with van der Waals surface area (Å²) in [5.74, 6) is 0.679. The molecule has 2 N–H and O–H groups in total. The Kier molecular flexibility index (Phi) is 5.73. The number of fused-ring (bicyclic) bond motifs is 1. The minimum absolute atomic E-state index is 0.142. The van der Waals surface area contributed by atoms with Gasteiger partial charge in [0.2, 0.25) is 11.8 Å². The van der Waals surface area contributed by atoms with E-state index in [9.17, 15) is 4.79 Å². The van der Waals surface area contributed by atoms with E-state index in [1.54, 1.807) is 25.1 Å². The Morgan fingerprint density at radius 2 is 1.78 bits per heavy atom. The molecule has 1 atom stereocenters. The zero-order valence-electron chi connectivity index (χ0n) is 15.2. The average molecular weight is 363 g/mol. The molecule has 0 radical (unpaired) electrons. The van der Waals surface area contributed by atoms with Crippen LogP contribution in [0.5, 0.6) is 0 Å². The maximum absolute atomic E-state index is 12.3. The van der Waals surface area contributed by atoms with Crippen LogP contribution < -0.4 is 11.3 Å². The molecule has 2 aromatic heterocycles. The van der Waals surface area contributed by atoms with E-state index >= 15 is 0 Å². The molecule has 7 nitrogen and oxygen atoms in total. The van der Waals surface area contributed by atoms with Crippen LogP contribution in [0.4, 0.5) is 0 Å². The fraction of sp³-hybridized carbons (Fsp3) is 0.200. The molecule has 0 saturated carbocycles. The maximum Gasteiger partial charge on any atom is 0.261 e. The minimum atomic E-state index is -0.331. The van der Waals surface area contributed by atoms with Crippen LogP contribution >= 0.6 is 0 Å². The number of nitrogens with zero attached hydrogens (tertiary/aromatic N) is 4. The third-order valence-corrected chi connectivity index (χ3v) is 3.85. The van der Waals surface area contributed by atoms with Crippen LogP contribution in [0.3, 0.4) is 0 Å². The first-order chi connectivity index (χ1) is 13.0. The number of benzene rings is 2. The molecule has 0 fully saturated rings. The standard InChI is InChI=1S/C13H13N5O2.C7H8/c1-8(14)12-17-16-11(20-12)6-18-7-15-10-5-3-2-4-9(10)13(18)19;1-7-5-3-2-4-6-7/h2-5,7-8H,6,14H2,1H3;2-6H,1H3. The van der Waals surface area contributed by atoms with Crippen LogP contribution in [0.25, 0.3) is 10.9 Å². The largest absolute Gasteiger partial charge is 0.422 e. The summed E-state index contributed by atoms with van der Waals surface area (Å²) in [6.45, 7) is 4.01. The van der Waals surface area contributed by atoms with Crippen LogP contribution in [0.1, 0.15) is 30.3 Å². The van der Waals surface area contributed by atoms with Crippen molar-refractivity contribution in [3.63, 3.8) is 0 Å². The Morgan fingerprint density at radius 1 is 1.07 bits per heavy atom. The van der Waals surface area contributed by atoms with E-state index in [-0.39, 0.29) is 18.1 Å². The lowest BCUT2D eigenvalue weighted by Crippen LogP contribution is -2.21. The summed E-state index contributed by atoms with van der Waals surface area (Å²) < 4.78 is 6.81. The molecule has 0 saturated heterocycles. The molecule has 0 aliphatic carbocycles. The molecule has 2 aromatic carbocycles. The van der Waals surface area contributed by atoms with Crippen LogP contribution in [0.15, 0.2) is 70.1 Å². The molecule has 2 heterocycles. The van der Waals surface area contributed by atoms with Gasteiger partial charge in [-0.3, -0.25) is 9.36 Å². The summed E-state index contributed by atoms with van der Waals surface area (Å²) >= 11 is 0. The van der Waals surface area contributed by atoms with Crippen molar-refractivity contribution in [1.82, 2.24) is 19.7 Å². The molecule has 0 aliphatic rings. The number of hydrogen-bond donors (Lipinski definition) is 1. The molecule has 0 spiro atoms. The molecule has 0 aliphatic heterocycles. The van der Waals surface area contributed by atoms with Crippen molar-refractivity contribution in [3.8, 4) is 0 Å². The van der Waals surface area contributed by atoms with Crippen molar-refractivity contribution < 1.29 is 4.42 Å². The van der Waals surface area contributed by atoms with Crippen LogP contribution in [0, 0.1) is 6.92 Å². The van der Waals surface area contributed by atoms with Crippen molar-refractivity contribution >= 4 is 10.9 Å². The van der Waals surface area contributed by atoms with Gasteiger partial charge in [-0.2, -0.15) is 0 Å². The van der Waals surface area contributed by atoms with Gasteiger partial charge in [0.15, 0.2) is 0 Å². The zero-order valence-corrected chi connectivity index (χ0v) is 15.2. The van der Waals surface area contributed by atoms with E-state index in [2.05, 4.69) is 34.2 Å². The fourth-order valence-corrected chi connectivity index (χ4v) is 2.41. The van der Waals surface area contributed by atoms with Crippen LogP contribution in [-0.2, 0) is 6.54 Å². The summed E-state index contributed by atoms with van der Waals surface area (Å²) in [7, 11) is 0. The van der Waals surface area contributed by atoms with E-state index in [0.717, 1.165) is 0 Å². The predicted molar refractivity (Wildman–Crippen MR) is 103 cm³/mol. The number of nitrogens with two attached hydrogens (primary N) is 1. The summed E-state index contributed by atoms with van der Waals surface area (Å²) in [5, 5.41) is 8.25. The van der Waals surface area contributed by atoms with Gasteiger partial charge in [-0.15, -0.1) is 10.2 Å². The summed E-state index contributed by atoms with van der Waals surface area (Å²) in [6, 6.07) is 17.1. The Hall–Kier alpha value is -3.32. The first kappa shape index (κ1) is 18.5. The number of rotatable bonds is 3. The van der Waals surface area contributed by atoms with E-state index < -0.39 is 0 Å². The second kappa shape index (κ2) is 8.37. The SMILES string of the molecule is CC(N)c1nnc(Cn2cnc3ccccc3c2=O)o1.Cc1ccccc1. The zero-order chi connectivity index (χ0) is 19.2. The number of para-hydroxylation sites is 1. The lowest BCUT2D eigenvalue weighted by Gasteiger charge is -2.03. The molecule has 7 heteroatoms. The second-order valence-corrected chi connectivity index (χ2v) is 6.17. The molecule has 0 amide bonds. The van der Waals surface area contributed by atoms with Crippen molar-refractivity contribution in [2.45, 2.75) is 26.4 Å². The topological polar surface area (TPSA) is 99.8 Å². The highest BCUT2D eigenvalue weighted by atomic mass is 16.4. The average Bonchev–Trinajstić information content (AvgIpc) is 3.14. The molecule has 4 rings (SSSR count). The number of hydrogen-bond acceptors (Lipinski definition) is 6. The summed E-state index contributed by atoms with van der Waals surface area (Å²) in [6.07, 6.45) is 1.47. The molecule has 138 valence electrons. The summed E-state index contributed by atoms with van der Waals surface area (Å²) in [5.41, 5.74) is 7.49. The summed E-state index contributed by atoms with van der Waals surface area (Å²) in [4.78, 5) is 16.5. The van der Waals surface area contributed by atoms with Gasteiger partial charge < -0.3 is 10.2 Å². The second-order valence-electron chi connectivity index (χ2n) is 6.17. The Bertz CT molecular complexity index is 1070. The van der Waals surface area contributed by atoms with Gasteiger partial charge in [-0.25, -0.2) is 4.98 Å². The van der Waals surface area contributed by atoms with Gasteiger partial charge in [-0.1, -0.05) is 48.0 Å². The van der Waals surface area contributed by atoms with Gasteiger partial charge in [-0.05, 0) is 26.0 Å². The highest BCUT2D eigenvalue weighted by molar-refractivity contribution is 5.76. The van der Waals surface area contributed by atoms with Gasteiger partial charge in [0.1, 0.15) is 6.54 Å². The third-order valence-electron chi connectivity index (χ3n) is 3.85. The highest BCUT2D eigenvalue weighted by Crippen LogP contribution is 2.09. The normalized spacial score (nSPS) is 11.7. The Balaban J connectivity index is 0.000000253. The molecule has 27 heavy (non-hydrogen) atoms. The highest BCUT2D eigenvalue weighted by Gasteiger charge is 2.11. The van der Waals surface area contributed by atoms with Crippen LogP contribution in [-0.4, -0.2) is 19.7 Å². The van der Waals surface area contributed by atoms with E-state index in [1.165, 1.54) is 16.5 Å². The molecule has 0 bridgehead atoms. The number of aromatic nitrogens is 4. The molecular weight excluding hydrogens is 342 g/mol. The molecule has 1 unspecified atom stereocenters. The van der Waals surface area contributed by atoms with E-state index in [4.69, 9.17) is 10.2 Å². The lowest BCUT2D eigenvalue weighted by atomic mass is 10.2. The third kappa shape index (κ3) is 4.65. The minimum Gasteiger partial charge on any atom is -0.422 e. The Labute approximate surface area is 156 Å². The van der Waals surface area contributed by atoms with Crippen molar-refractivity contribution in [2.75, 3.05) is 0 Å². The molecular formula is C20H21N5O2. The predicted octanol–water partition coefficient (Wildman–Crippen LogP) is 2.84. The van der Waals surface area contributed by atoms with Gasteiger partial charge in [0.05, 0.1) is 23.3 Å². The van der Waals surface area contributed by atoms with E-state index in [0.29, 0.717) is 22.7 Å². The van der Waals surface area contributed by atoms with Crippen molar-refractivity contribution in [1.29, 1.82) is 0 Å². The van der Waals surface area contributed by atoms with Crippen molar-refractivity contribution in [2.24, 2.45) is 5.73 Å². The fourth-order valence-electron chi connectivity index (χ4n) is 2.41. The monoisotopic (exact) mass is 363 g/mol. The Morgan fingerprint density at radius 3 is 2.41 bits per heavy atom. The number of aryl methyl sites for hydroxylation is 1. The van der Waals surface area contributed by atoms with Crippen LogP contribution in [0.2, 0.25) is 0 Å². The molecule has 4 aromatic rings. The first-order valence-corrected chi connectivity index (χ1v) is 8.58. The van der Waals surface area contributed by atoms with E-state index in [1.807, 2.05) is 24.3 Å². The smallest absolute Gasteiger partial charge is 0.261 e. The first-order valence-electron chi connectivity index (χ1n) is 8.58. The van der Waals surface area contributed by atoms with Gasteiger partial charge >= 0.3 is 0 Å². The lowest BCUT2D eigenvalue weighted by molar-refractivity contribution is 0.416. The van der Waals surface area contributed by atoms with Gasteiger partial charge in [0.25, 0.3) is 5.56 Å². The van der Waals surface area contributed by atoms with Crippen molar-refractivity contribution in [3.05, 3.63) is 88.6 Å². The quantitative estimate of drug-likeness (QED) is 0.601.